The van der Waals surface area contributed by atoms with Crippen LogP contribution in [0.25, 0.3) is 11.0 Å². The fourth-order valence-electron chi connectivity index (χ4n) is 2.36. The van der Waals surface area contributed by atoms with Gasteiger partial charge < -0.3 is 9.73 Å². The van der Waals surface area contributed by atoms with E-state index in [2.05, 4.69) is 5.32 Å². The number of carbonyl (C=O) groups is 1. The molecule has 0 bridgehead atoms. The second-order valence-electron chi connectivity index (χ2n) is 5.38. The summed E-state index contributed by atoms with van der Waals surface area (Å²) in [4.78, 5) is 24.4. The molecule has 0 spiro atoms. The van der Waals surface area contributed by atoms with E-state index < -0.39 is 17.6 Å². The molecule has 0 fully saturated rings. The molecule has 122 valence electrons. The first kappa shape index (κ1) is 16.2. The SMILES string of the molecule is C[C@@H](NC(=O)c1cc2cc(Cl)ccc2oc1=O)c1ccc(F)cc1. The lowest BCUT2D eigenvalue weighted by Crippen LogP contribution is -2.30. The van der Waals surface area contributed by atoms with Crippen LogP contribution in [-0.2, 0) is 0 Å². The Kier molecular flexibility index (Phi) is 4.36. The van der Waals surface area contributed by atoms with Crippen LogP contribution in [0.3, 0.4) is 0 Å². The molecule has 0 saturated heterocycles. The predicted molar refractivity (Wildman–Crippen MR) is 89.8 cm³/mol. The highest BCUT2D eigenvalue weighted by Gasteiger charge is 2.17. The van der Waals surface area contributed by atoms with Crippen LogP contribution < -0.4 is 10.9 Å². The van der Waals surface area contributed by atoms with Crippen LogP contribution in [0, 0.1) is 5.82 Å². The number of benzene rings is 2. The summed E-state index contributed by atoms with van der Waals surface area (Å²) in [5.74, 6) is -0.924. The average molecular weight is 346 g/mol. The molecule has 0 aliphatic rings. The zero-order valence-electron chi connectivity index (χ0n) is 12.7. The normalized spacial score (nSPS) is 12.1. The second-order valence-corrected chi connectivity index (χ2v) is 5.81. The van der Waals surface area contributed by atoms with Crippen LogP contribution in [0.15, 0.2) is 57.7 Å². The van der Waals surface area contributed by atoms with Crippen molar-refractivity contribution in [3.63, 3.8) is 0 Å². The van der Waals surface area contributed by atoms with E-state index in [0.717, 1.165) is 5.56 Å². The molecule has 1 N–H and O–H groups in total. The van der Waals surface area contributed by atoms with E-state index in [1.165, 1.54) is 18.2 Å². The van der Waals surface area contributed by atoms with Gasteiger partial charge >= 0.3 is 5.63 Å². The molecule has 1 atom stereocenters. The van der Waals surface area contributed by atoms with Gasteiger partial charge in [-0.15, -0.1) is 0 Å². The summed E-state index contributed by atoms with van der Waals surface area (Å²) < 4.78 is 18.1. The highest BCUT2D eigenvalue weighted by molar-refractivity contribution is 6.31. The molecule has 6 heteroatoms. The Labute approximate surface area is 141 Å². The van der Waals surface area contributed by atoms with Crippen molar-refractivity contribution in [2.45, 2.75) is 13.0 Å². The zero-order valence-corrected chi connectivity index (χ0v) is 13.4. The molecule has 0 aliphatic carbocycles. The van der Waals surface area contributed by atoms with E-state index in [1.54, 1.807) is 37.3 Å². The van der Waals surface area contributed by atoms with Crippen molar-refractivity contribution in [3.8, 4) is 0 Å². The minimum Gasteiger partial charge on any atom is -0.422 e. The van der Waals surface area contributed by atoms with Crippen molar-refractivity contribution in [2.75, 3.05) is 0 Å². The number of nitrogens with one attached hydrogen (secondary N) is 1. The van der Waals surface area contributed by atoms with Gasteiger partial charge in [0.2, 0.25) is 0 Å². The smallest absolute Gasteiger partial charge is 0.349 e. The first-order valence-electron chi connectivity index (χ1n) is 7.24. The van der Waals surface area contributed by atoms with Gasteiger partial charge in [0.1, 0.15) is 17.0 Å². The largest absolute Gasteiger partial charge is 0.422 e. The van der Waals surface area contributed by atoms with E-state index in [1.807, 2.05) is 0 Å². The summed E-state index contributed by atoms with van der Waals surface area (Å²) in [6, 6.07) is 11.6. The van der Waals surface area contributed by atoms with Gasteiger partial charge in [-0.05, 0) is 48.9 Å². The van der Waals surface area contributed by atoms with Gasteiger partial charge in [0.25, 0.3) is 5.91 Å². The lowest BCUT2D eigenvalue weighted by Gasteiger charge is -2.14. The number of carbonyl (C=O) groups excluding carboxylic acids is 1. The quantitative estimate of drug-likeness (QED) is 0.728. The van der Waals surface area contributed by atoms with E-state index in [0.29, 0.717) is 16.0 Å². The number of amides is 1. The van der Waals surface area contributed by atoms with Crippen LogP contribution in [0.5, 0.6) is 0 Å². The van der Waals surface area contributed by atoms with Crippen LogP contribution >= 0.6 is 11.6 Å². The first-order chi connectivity index (χ1) is 11.4. The summed E-state index contributed by atoms with van der Waals surface area (Å²) in [6.07, 6.45) is 0. The number of hydrogen-bond donors (Lipinski definition) is 1. The maximum absolute atomic E-state index is 13.0. The fourth-order valence-corrected chi connectivity index (χ4v) is 2.54. The predicted octanol–water partition coefficient (Wildman–Crippen LogP) is 4.08. The Hall–Kier alpha value is -2.66. The van der Waals surface area contributed by atoms with E-state index >= 15 is 0 Å². The molecular formula is C18H13ClFNO3. The van der Waals surface area contributed by atoms with E-state index in [-0.39, 0.29) is 11.4 Å². The molecule has 3 rings (SSSR count). The average Bonchev–Trinajstić information content (AvgIpc) is 2.55. The molecule has 4 nitrogen and oxygen atoms in total. The summed E-state index contributed by atoms with van der Waals surface area (Å²) in [5.41, 5.74) is 0.234. The summed E-state index contributed by atoms with van der Waals surface area (Å²) in [7, 11) is 0. The van der Waals surface area contributed by atoms with Gasteiger partial charge in [0, 0.05) is 10.4 Å². The van der Waals surface area contributed by atoms with Crippen molar-refractivity contribution < 1.29 is 13.6 Å². The lowest BCUT2D eigenvalue weighted by molar-refractivity contribution is 0.0936. The van der Waals surface area contributed by atoms with E-state index in [4.69, 9.17) is 16.0 Å². The van der Waals surface area contributed by atoms with Gasteiger partial charge in [0.05, 0.1) is 6.04 Å². The van der Waals surface area contributed by atoms with Gasteiger partial charge in [-0.3, -0.25) is 4.79 Å². The Morgan fingerprint density at radius 2 is 1.88 bits per heavy atom. The molecule has 0 unspecified atom stereocenters. The molecular weight excluding hydrogens is 333 g/mol. The van der Waals surface area contributed by atoms with Crippen molar-refractivity contribution in [1.82, 2.24) is 5.32 Å². The van der Waals surface area contributed by atoms with Crippen LogP contribution in [0.2, 0.25) is 5.02 Å². The molecule has 1 aromatic heterocycles. The van der Waals surface area contributed by atoms with Crippen LogP contribution in [-0.4, -0.2) is 5.91 Å². The van der Waals surface area contributed by atoms with E-state index in [9.17, 15) is 14.0 Å². The Bertz CT molecular complexity index is 966. The van der Waals surface area contributed by atoms with Crippen molar-refractivity contribution in [2.24, 2.45) is 0 Å². The third kappa shape index (κ3) is 3.31. The molecule has 2 aromatic carbocycles. The summed E-state index contributed by atoms with van der Waals surface area (Å²) in [5, 5.41) is 3.73. The molecule has 0 radical (unpaired) electrons. The highest BCUT2D eigenvalue weighted by atomic mass is 35.5. The minimum absolute atomic E-state index is 0.112. The standard InChI is InChI=1S/C18H13ClFNO3/c1-10(11-2-5-14(20)6-3-11)21-17(22)15-9-12-8-13(19)4-7-16(12)24-18(15)23/h2-10H,1H3,(H,21,22)/t10-/m1/s1. The van der Waals surface area contributed by atoms with Crippen molar-refractivity contribution >= 4 is 28.5 Å². The highest BCUT2D eigenvalue weighted by Crippen LogP contribution is 2.19. The van der Waals surface area contributed by atoms with Gasteiger partial charge in [0.15, 0.2) is 0 Å². The molecule has 0 saturated carbocycles. The van der Waals surface area contributed by atoms with Gasteiger partial charge in [-0.1, -0.05) is 23.7 Å². The molecule has 24 heavy (non-hydrogen) atoms. The first-order valence-corrected chi connectivity index (χ1v) is 7.61. The Balaban J connectivity index is 1.89. The molecule has 0 aliphatic heterocycles. The van der Waals surface area contributed by atoms with Crippen molar-refractivity contribution in [1.29, 1.82) is 0 Å². The number of halogens is 2. The lowest BCUT2D eigenvalue weighted by atomic mass is 10.1. The third-order valence-corrected chi connectivity index (χ3v) is 3.89. The molecule has 1 heterocycles. The van der Waals surface area contributed by atoms with Gasteiger partial charge in [-0.2, -0.15) is 0 Å². The minimum atomic E-state index is -0.728. The Morgan fingerprint density at radius 3 is 2.58 bits per heavy atom. The topological polar surface area (TPSA) is 59.3 Å². The van der Waals surface area contributed by atoms with Crippen molar-refractivity contribution in [3.05, 3.63) is 80.9 Å². The zero-order chi connectivity index (χ0) is 17.3. The summed E-state index contributed by atoms with van der Waals surface area (Å²) in [6.45, 7) is 1.74. The summed E-state index contributed by atoms with van der Waals surface area (Å²) >= 11 is 5.92. The van der Waals surface area contributed by atoms with Crippen LogP contribution in [0.1, 0.15) is 28.9 Å². The maximum Gasteiger partial charge on any atom is 0.349 e. The molecule has 1 amide bonds. The van der Waals surface area contributed by atoms with Crippen LogP contribution in [0.4, 0.5) is 4.39 Å². The number of hydrogen-bond acceptors (Lipinski definition) is 3. The monoisotopic (exact) mass is 345 g/mol. The number of fused-ring (bicyclic) bond motifs is 1. The van der Waals surface area contributed by atoms with Gasteiger partial charge in [-0.25, -0.2) is 9.18 Å². The number of rotatable bonds is 3. The fraction of sp³-hybridized carbons (Fsp3) is 0.111. The maximum atomic E-state index is 13.0. The molecule has 3 aromatic rings. The third-order valence-electron chi connectivity index (χ3n) is 3.66. The second kappa shape index (κ2) is 6.45. The Morgan fingerprint density at radius 1 is 1.17 bits per heavy atom.